The molecule has 4 nitrogen and oxygen atoms in total. The largest absolute Gasteiger partial charge is 0.318 e. The highest BCUT2D eigenvalue weighted by molar-refractivity contribution is 7.26. The highest BCUT2D eigenvalue weighted by atomic mass is 32.1. The summed E-state index contributed by atoms with van der Waals surface area (Å²) >= 11 is 3.59. The third-order valence-electron chi connectivity index (χ3n) is 12.6. The van der Waals surface area contributed by atoms with Gasteiger partial charge in [-0.05, 0) is 59.7 Å². The Morgan fingerprint density at radius 2 is 0.839 bits per heavy atom. The predicted octanol–water partition coefficient (Wildman–Crippen LogP) is 16.4. The van der Waals surface area contributed by atoms with E-state index in [0.717, 1.165) is 71.7 Å². The molecule has 0 atom stereocenters. The van der Waals surface area contributed by atoms with Gasteiger partial charge in [-0.1, -0.05) is 133 Å². The van der Waals surface area contributed by atoms with Crippen molar-refractivity contribution in [3.8, 4) is 39.7 Å². The van der Waals surface area contributed by atoms with Crippen molar-refractivity contribution in [2.45, 2.75) is 0 Å². The fourth-order valence-corrected chi connectivity index (χ4v) is 12.2. The molecule has 0 aliphatic rings. The van der Waals surface area contributed by atoms with Gasteiger partial charge in [0.2, 0.25) is 5.69 Å². The molecule has 0 amide bonds. The number of nitriles is 1. The molecule has 0 fully saturated rings. The van der Waals surface area contributed by atoms with E-state index in [2.05, 4.69) is 166 Å². The first-order valence-electron chi connectivity index (χ1n) is 20.5. The first-order chi connectivity index (χ1) is 30.7. The maximum atomic E-state index is 11.7. The zero-order chi connectivity index (χ0) is 41.1. The molecule has 0 spiro atoms. The van der Waals surface area contributed by atoms with Crippen molar-refractivity contribution in [1.82, 2.24) is 9.13 Å². The van der Waals surface area contributed by atoms with Crippen molar-refractivity contribution in [3.63, 3.8) is 0 Å². The Kier molecular flexibility index (Phi) is 7.44. The summed E-state index contributed by atoms with van der Waals surface area (Å²) in [6.07, 6.45) is 0. The monoisotopic (exact) mass is 822 g/mol. The van der Waals surface area contributed by atoms with Gasteiger partial charge in [-0.15, -0.1) is 22.7 Å². The molecule has 62 heavy (non-hydrogen) atoms. The van der Waals surface area contributed by atoms with Crippen LogP contribution < -0.4 is 0 Å². The predicted molar refractivity (Wildman–Crippen MR) is 263 cm³/mol. The topological polar surface area (TPSA) is 38.0 Å². The molecule has 4 aromatic heterocycles. The number of rotatable bonds is 4. The molecule has 6 heteroatoms. The van der Waals surface area contributed by atoms with E-state index in [1.165, 1.54) is 40.3 Å². The zero-order valence-electron chi connectivity index (χ0n) is 32.9. The number of thiophene rings is 2. The average molecular weight is 823 g/mol. The summed E-state index contributed by atoms with van der Waals surface area (Å²) in [5.74, 6) is 0. The van der Waals surface area contributed by atoms with Gasteiger partial charge in [-0.3, -0.25) is 0 Å². The summed E-state index contributed by atoms with van der Waals surface area (Å²) in [6, 6.07) is 66.8. The van der Waals surface area contributed by atoms with Crippen LogP contribution in [0.1, 0.15) is 5.56 Å². The van der Waals surface area contributed by atoms with Crippen molar-refractivity contribution < 1.29 is 0 Å². The van der Waals surface area contributed by atoms with Crippen molar-refractivity contribution in [2.24, 2.45) is 0 Å². The second-order valence-electron chi connectivity index (χ2n) is 15.8. The lowest BCUT2D eigenvalue weighted by Crippen LogP contribution is -2.08. The Bertz CT molecular complexity index is 3890. The summed E-state index contributed by atoms with van der Waals surface area (Å²) in [5, 5.41) is 21.1. The highest BCUT2D eigenvalue weighted by Gasteiger charge is 2.32. The van der Waals surface area contributed by atoms with Gasteiger partial charge in [0.15, 0.2) is 0 Å². The molecule has 0 radical (unpaired) electrons. The molecule has 0 N–H and O–H groups in total. The molecular formula is C56H30N4S2. The van der Waals surface area contributed by atoms with E-state index in [4.69, 9.17) is 0 Å². The molecule has 0 aliphatic carbocycles. The van der Waals surface area contributed by atoms with Crippen molar-refractivity contribution >= 4 is 112 Å². The number of nitrogens with zero attached hydrogens (tertiary/aromatic N) is 4. The maximum absolute atomic E-state index is 11.7. The van der Waals surface area contributed by atoms with Gasteiger partial charge in [-0.25, -0.2) is 4.85 Å². The van der Waals surface area contributed by atoms with Crippen LogP contribution in [0.5, 0.6) is 0 Å². The van der Waals surface area contributed by atoms with Crippen molar-refractivity contribution in [3.05, 3.63) is 199 Å². The fraction of sp³-hybridized carbons (Fsp3) is 0. The van der Waals surface area contributed by atoms with Crippen LogP contribution in [0.25, 0.3) is 122 Å². The Morgan fingerprint density at radius 1 is 0.403 bits per heavy atom. The molecule has 0 unspecified atom stereocenters. The van der Waals surface area contributed by atoms with Gasteiger partial charge in [0.1, 0.15) is 6.07 Å². The second kappa shape index (κ2) is 13.3. The van der Waals surface area contributed by atoms with Crippen molar-refractivity contribution in [1.29, 1.82) is 5.26 Å². The van der Waals surface area contributed by atoms with Gasteiger partial charge < -0.3 is 9.13 Å². The Hall–Kier alpha value is -8.00. The molecular weight excluding hydrogens is 793 g/mol. The third kappa shape index (κ3) is 4.79. The lowest BCUT2D eigenvalue weighted by molar-refractivity contribution is 1.14. The van der Waals surface area contributed by atoms with Crippen molar-refractivity contribution in [2.75, 3.05) is 0 Å². The standard InChI is InChI=1S/C56H30N4S2/c1-58-54-52(33-16-4-2-5-17-33)43(32-57)55(59-44-24-12-8-20-35(44)39-28-41-37-22-10-14-26-48(37)61-50(41)30-46(39)59)53(34-18-6-3-7-19-34)56(54)60-45-25-13-9-21-36(45)40-29-42-38-23-11-15-27-49(38)62-51(42)31-47(40)60/h2-31H. The minimum atomic E-state index is 0.433. The van der Waals surface area contributed by atoms with Crippen LogP contribution in [-0.2, 0) is 0 Å². The summed E-state index contributed by atoms with van der Waals surface area (Å²) in [5.41, 5.74) is 9.58. The third-order valence-corrected chi connectivity index (χ3v) is 14.8. The van der Waals surface area contributed by atoms with E-state index < -0.39 is 0 Å². The molecule has 0 bridgehead atoms. The van der Waals surface area contributed by atoms with Gasteiger partial charge in [0, 0.05) is 73.0 Å². The minimum Gasteiger partial charge on any atom is -0.318 e. The number of hydrogen-bond acceptors (Lipinski definition) is 3. The summed E-state index contributed by atoms with van der Waals surface area (Å²) in [6.45, 7) is 9.18. The van der Waals surface area contributed by atoms with Crippen LogP contribution in [0, 0.1) is 17.9 Å². The Balaban J connectivity index is 1.29. The van der Waals surface area contributed by atoms with Gasteiger partial charge in [0.25, 0.3) is 0 Å². The molecule has 0 saturated carbocycles. The summed E-state index contributed by atoms with van der Waals surface area (Å²) in [4.78, 5) is 4.49. The van der Waals surface area contributed by atoms with E-state index in [-0.39, 0.29) is 0 Å². The second-order valence-corrected chi connectivity index (χ2v) is 17.9. The first-order valence-corrected chi connectivity index (χ1v) is 22.2. The summed E-state index contributed by atoms with van der Waals surface area (Å²) in [7, 11) is 0. The average Bonchev–Trinajstić information content (AvgIpc) is 4.06. The van der Waals surface area contributed by atoms with E-state index >= 15 is 0 Å². The molecule has 13 rings (SSSR count). The number of aromatic nitrogens is 2. The zero-order valence-corrected chi connectivity index (χ0v) is 34.6. The van der Waals surface area contributed by atoms with Crippen LogP contribution in [0.4, 0.5) is 5.69 Å². The quantitative estimate of drug-likeness (QED) is 0.163. The normalized spacial score (nSPS) is 11.8. The highest BCUT2D eigenvalue weighted by Crippen LogP contribution is 2.53. The molecule has 0 saturated heterocycles. The number of benzene rings is 9. The maximum Gasteiger partial charge on any atom is 0.220 e. The number of hydrogen-bond donors (Lipinski definition) is 0. The molecule has 0 aliphatic heterocycles. The number of para-hydroxylation sites is 2. The van der Waals surface area contributed by atoms with Gasteiger partial charge in [0.05, 0.1) is 45.6 Å². The van der Waals surface area contributed by atoms with Crippen LogP contribution in [0.2, 0.25) is 0 Å². The van der Waals surface area contributed by atoms with E-state index in [0.29, 0.717) is 16.8 Å². The van der Waals surface area contributed by atoms with E-state index in [9.17, 15) is 11.8 Å². The Labute approximate surface area is 363 Å². The van der Waals surface area contributed by atoms with Crippen LogP contribution in [0.15, 0.2) is 182 Å². The lowest BCUT2D eigenvalue weighted by Gasteiger charge is -2.25. The molecule has 9 aromatic carbocycles. The van der Waals surface area contributed by atoms with Crippen LogP contribution in [0.3, 0.4) is 0 Å². The summed E-state index contributed by atoms with van der Waals surface area (Å²) < 4.78 is 9.47. The van der Waals surface area contributed by atoms with Gasteiger partial charge in [-0.2, -0.15) is 5.26 Å². The minimum absolute atomic E-state index is 0.433. The first kappa shape index (κ1) is 34.8. The fourth-order valence-electron chi connectivity index (χ4n) is 9.99. The van der Waals surface area contributed by atoms with Crippen LogP contribution in [-0.4, -0.2) is 9.13 Å². The lowest BCUT2D eigenvalue weighted by atomic mass is 9.88. The number of fused-ring (bicyclic) bond motifs is 12. The SMILES string of the molecule is [C-]#[N+]c1c(-c2ccccc2)c(C#N)c(-n2c3ccccc3c3cc4c(cc32)sc2ccccc24)c(-c2ccccc2)c1-n1c2ccccc2c2cc3c(cc21)sc1ccccc13. The van der Waals surface area contributed by atoms with Crippen LogP contribution >= 0.6 is 22.7 Å². The van der Waals surface area contributed by atoms with E-state index in [1.54, 1.807) is 22.7 Å². The molecule has 286 valence electrons. The van der Waals surface area contributed by atoms with E-state index in [1.807, 2.05) is 36.4 Å². The van der Waals surface area contributed by atoms with Gasteiger partial charge >= 0.3 is 0 Å². The molecule has 13 aromatic rings. The Morgan fingerprint density at radius 3 is 1.34 bits per heavy atom. The smallest absolute Gasteiger partial charge is 0.220 e. The molecule has 4 heterocycles.